The number of hydrogen-bond donors (Lipinski definition) is 1. The number of amides is 1. The largest absolute Gasteiger partial charge is 0.497 e. The summed E-state index contributed by atoms with van der Waals surface area (Å²) < 4.78 is 10.9. The number of likely N-dealkylation sites (N-methyl/N-ethyl adjacent to an activating group) is 1. The van der Waals surface area contributed by atoms with E-state index >= 15 is 0 Å². The molecule has 1 unspecified atom stereocenters. The van der Waals surface area contributed by atoms with Crippen LogP contribution in [-0.4, -0.2) is 48.8 Å². The van der Waals surface area contributed by atoms with Gasteiger partial charge in [-0.25, -0.2) is 0 Å². The van der Waals surface area contributed by atoms with E-state index in [1.807, 2.05) is 55.2 Å². The lowest BCUT2D eigenvalue weighted by molar-refractivity contribution is -0.121. The topological polar surface area (TPSA) is 80.5 Å². The van der Waals surface area contributed by atoms with Crippen molar-refractivity contribution >= 4 is 17.2 Å². The Morgan fingerprint density at radius 3 is 2.89 bits per heavy atom. The zero-order valence-corrected chi connectivity index (χ0v) is 17.0. The van der Waals surface area contributed by atoms with Crippen LogP contribution in [0.25, 0.3) is 11.5 Å². The standard InChI is InChI=1S/C20H24N4O3S/c1-24(2)17(14-5-4-6-16(11-14)26-3)12-21-18(25)7-8-19-22-23-20(27-19)15-9-10-28-13-15/h4-6,9-11,13,17H,7-8,12H2,1-3H3,(H,21,25). The van der Waals surface area contributed by atoms with Gasteiger partial charge in [0.2, 0.25) is 17.7 Å². The molecule has 0 saturated carbocycles. The van der Waals surface area contributed by atoms with Crippen molar-refractivity contribution in [1.29, 1.82) is 0 Å². The monoisotopic (exact) mass is 400 g/mol. The Hall–Kier alpha value is -2.71. The number of benzene rings is 1. The lowest BCUT2D eigenvalue weighted by atomic mass is 10.1. The maximum absolute atomic E-state index is 12.3. The molecule has 0 bridgehead atoms. The van der Waals surface area contributed by atoms with Gasteiger partial charge >= 0.3 is 0 Å². The summed E-state index contributed by atoms with van der Waals surface area (Å²) in [5.41, 5.74) is 1.99. The van der Waals surface area contributed by atoms with Crippen molar-refractivity contribution in [1.82, 2.24) is 20.4 Å². The van der Waals surface area contributed by atoms with Crippen LogP contribution in [0.1, 0.15) is 23.9 Å². The molecule has 0 fully saturated rings. The SMILES string of the molecule is COc1cccc(C(CNC(=O)CCc2nnc(-c3ccsc3)o2)N(C)C)c1. The highest BCUT2D eigenvalue weighted by Gasteiger charge is 2.17. The lowest BCUT2D eigenvalue weighted by Gasteiger charge is -2.25. The summed E-state index contributed by atoms with van der Waals surface area (Å²) in [6, 6.07) is 9.85. The van der Waals surface area contributed by atoms with Gasteiger partial charge in [0.15, 0.2) is 0 Å². The molecule has 0 spiro atoms. The Balaban J connectivity index is 1.52. The van der Waals surface area contributed by atoms with E-state index < -0.39 is 0 Å². The number of thiophene rings is 1. The lowest BCUT2D eigenvalue weighted by Crippen LogP contribution is -2.34. The maximum atomic E-state index is 12.3. The molecule has 1 aromatic carbocycles. The summed E-state index contributed by atoms with van der Waals surface area (Å²) in [5.74, 6) is 1.70. The summed E-state index contributed by atoms with van der Waals surface area (Å²) in [4.78, 5) is 14.4. The van der Waals surface area contributed by atoms with Crippen LogP contribution in [-0.2, 0) is 11.2 Å². The van der Waals surface area contributed by atoms with Crippen molar-refractivity contribution in [2.24, 2.45) is 0 Å². The van der Waals surface area contributed by atoms with Crippen LogP contribution in [0, 0.1) is 0 Å². The van der Waals surface area contributed by atoms with Crippen LogP contribution >= 0.6 is 11.3 Å². The zero-order chi connectivity index (χ0) is 19.9. The van der Waals surface area contributed by atoms with Gasteiger partial charge in [-0.1, -0.05) is 12.1 Å². The van der Waals surface area contributed by atoms with Gasteiger partial charge in [-0.15, -0.1) is 10.2 Å². The third-order valence-corrected chi connectivity index (χ3v) is 5.08. The molecule has 8 heteroatoms. The number of aromatic nitrogens is 2. The number of ether oxygens (including phenoxy) is 1. The van der Waals surface area contributed by atoms with Gasteiger partial charge < -0.3 is 19.4 Å². The molecule has 2 aromatic heterocycles. The van der Waals surface area contributed by atoms with Gasteiger partial charge in [0.1, 0.15) is 5.75 Å². The van der Waals surface area contributed by atoms with Crippen LogP contribution in [0.15, 0.2) is 45.5 Å². The first kappa shape index (κ1) is 20.0. The van der Waals surface area contributed by atoms with Crippen molar-refractivity contribution in [2.45, 2.75) is 18.9 Å². The Kier molecular flexibility index (Phi) is 6.78. The van der Waals surface area contributed by atoms with Crippen molar-refractivity contribution in [3.05, 3.63) is 52.5 Å². The minimum Gasteiger partial charge on any atom is -0.497 e. The second kappa shape index (κ2) is 9.48. The molecule has 0 saturated heterocycles. The molecule has 1 atom stereocenters. The first-order chi connectivity index (χ1) is 13.6. The minimum absolute atomic E-state index is 0.0487. The molecule has 3 aromatic rings. The van der Waals surface area contributed by atoms with E-state index in [4.69, 9.17) is 9.15 Å². The van der Waals surface area contributed by atoms with E-state index in [2.05, 4.69) is 20.4 Å². The van der Waals surface area contributed by atoms with Crippen LogP contribution in [0.3, 0.4) is 0 Å². The number of carbonyl (C=O) groups excluding carboxylic acids is 1. The van der Waals surface area contributed by atoms with Crippen molar-refractivity contribution in [3.8, 4) is 17.2 Å². The van der Waals surface area contributed by atoms with Gasteiger partial charge in [0, 0.05) is 30.3 Å². The zero-order valence-electron chi connectivity index (χ0n) is 16.2. The maximum Gasteiger partial charge on any atom is 0.248 e. The normalized spacial score (nSPS) is 12.1. The van der Waals surface area contributed by atoms with Gasteiger partial charge in [0.25, 0.3) is 0 Å². The Morgan fingerprint density at radius 1 is 1.32 bits per heavy atom. The quantitative estimate of drug-likeness (QED) is 0.594. The van der Waals surface area contributed by atoms with E-state index in [0.29, 0.717) is 31.2 Å². The Bertz CT molecular complexity index is 893. The van der Waals surface area contributed by atoms with E-state index in [9.17, 15) is 4.79 Å². The van der Waals surface area contributed by atoms with Crippen molar-refractivity contribution < 1.29 is 13.9 Å². The highest BCUT2D eigenvalue weighted by Crippen LogP contribution is 2.22. The van der Waals surface area contributed by atoms with Crippen LogP contribution in [0.5, 0.6) is 5.75 Å². The smallest absolute Gasteiger partial charge is 0.248 e. The number of rotatable bonds is 9. The molecule has 0 radical (unpaired) electrons. The van der Waals surface area contributed by atoms with E-state index in [0.717, 1.165) is 16.9 Å². The third-order valence-electron chi connectivity index (χ3n) is 4.40. The number of aryl methyl sites for hydroxylation is 1. The molecule has 2 heterocycles. The number of nitrogens with zero attached hydrogens (tertiary/aromatic N) is 3. The molecule has 0 aliphatic carbocycles. The number of carbonyl (C=O) groups is 1. The predicted molar refractivity (Wildman–Crippen MR) is 108 cm³/mol. The van der Waals surface area contributed by atoms with Crippen LogP contribution < -0.4 is 10.1 Å². The molecular weight excluding hydrogens is 376 g/mol. The average Bonchev–Trinajstić information content (AvgIpc) is 3.38. The summed E-state index contributed by atoms with van der Waals surface area (Å²) in [5, 5.41) is 14.9. The second-order valence-corrected chi connectivity index (χ2v) is 7.35. The fourth-order valence-electron chi connectivity index (χ4n) is 2.82. The third kappa shape index (κ3) is 5.17. The second-order valence-electron chi connectivity index (χ2n) is 6.57. The van der Waals surface area contributed by atoms with Crippen molar-refractivity contribution in [3.63, 3.8) is 0 Å². The molecule has 7 nitrogen and oxygen atoms in total. The minimum atomic E-state index is -0.0509. The van der Waals surface area contributed by atoms with E-state index in [1.54, 1.807) is 18.4 Å². The Labute approximate surface area is 168 Å². The Morgan fingerprint density at radius 2 is 2.18 bits per heavy atom. The molecule has 148 valence electrons. The number of methoxy groups -OCH3 is 1. The molecular formula is C20H24N4O3S. The predicted octanol–water partition coefficient (Wildman–Crippen LogP) is 3.16. The summed E-state index contributed by atoms with van der Waals surface area (Å²) >= 11 is 1.57. The fraction of sp³-hybridized carbons (Fsp3) is 0.350. The van der Waals surface area contributed by atoms with Gasteiger partial charge in [-0.3, -0.25) is 4.79 Å². The first-order valence-corrected chi connectivity index (χ1v) is 9.93. The summed E-state index contributed by atoms with van der Waals surface area (Å²) in [6.07, 6.45) is 0.707. The van der Waals surface area contributed by atoms with Gasteiger partial charge in [0.05, 0.1) is 13.2 Å². The highest BCUT2D eigenvalue weighted by molar-refractivity contribution is 7.08. The number of nitrogens with one attached hydrogen (secondary N) is 1. The molecule has 0 aliphatic heterocycles. The van der Waals surface area contributed by atoms with Crippen LogP contribution in [0.4, 0.5) is 0 Å². The average molecular weight is 401 g/mol. The first-order valence-electron chi connectivity index (χ1n) is 8.99. The summed E-state index contributed by atoms with van der Waals surface area (Å²) in [6.45, 7) is 0.503. The van der Waals surface area contributed by atoms with E-state index in [-0.39, 0.29) is 11.9 Å². The fourth-order valence-corrected chi connectivity index (χ4v) is 3.45. The summed E-state index contributed by atoms with van der Waals surface area (Å²) in [7, 11) is 5.62. The molecule has 3 rings (SSSR count). The van der Waals surface area contributed by atoms with E-state index in [1.165, 1.54) is 0 Å². The molecule has 1 amide bonds. The highest BCUT2D eigenvalue weighted by atomic mass is 32.1. The number of hydrogen-bond acceptors (Lipinski definition) is 7. The van der Waals surface area contributed by atoms with Crippen LogP contribution in [0.2, 0.25) is 0 Å². The molecule has 1 N–H and O–H groups in total. The van der Waals surface area contributed by atoms with Crippen molar-refractivity contribution in [2.75, 3.05) is 27.7 Å². The van der Waals surface area contributed by atoms with Gasteiger partial charge in [-0.2, -0.15) is 11.3 Å². The molecule has 28 heavy (non-hydrogen) atoms. The molecule has 0 aliphatic rings. The van der Waals surface area contributed by atoms with Gasteiger partial charge in [-0.05, 0) is 43.2 Å².